The SMILES string of the molecule is NC(=O)CC(NC(=O)C(N)Cc1cnc[nH]1)C(=O)N1CCCC1C(=O)O. The van der Waals surface area contributed by atoms with E-state index < -0.39 is 48.2 Å². The van der Waals surface area contributed by atoms with Gasteiger partial charge in [-0.2, -0.15) is 0 Å². The molecule has 0 bridgehead atoms. The molecule has 1 aromatic heterocycles. The fraction of sp³-hybridized carbons (Fsp3) is 0.533. The number of aromatic nitrogens is 2. The molecule has 0 aliphatic carbocycles. The number of amides is 3. The summed E-state index contributed by atoms with van der Waals surface area (Å²) in [6.07, 6.45) is 3.52. The fourth-order valence-corrected chi connectivity index (χ4v) is 2.89. The maximum Gasteiger partial charge on any atom is 0.326 e. The highest BCUT2D eigenvalue weighted by atomic mass is 16.4. The molecule has 26 heavy (non-hydrogen) atoms. The van der Waals surface area contributed by atoms with Crippen molar-refractivity contribution in [2.24, 2.45) is 11.5 Å². The molecule has 0 aromatic carbocycles. The molecular weight excluding hydrogens is 344 g/mol. The minimum Gasteiger partial charge on any atom is -0.480 e. The number of carboxylic acid groups (broad SMARTS) is 1. The first-order valence-electron chi connectivity index (χ1n) is 8.14. The average molecular weight is 366 g/mol. The molecule has 1 fully saturated rings. The van der Waals surface area contributed by atoms with Gasteiger partial charge in [0.15, 0.2) is 0 Å². The summed E-state index contributed by atoms with van der Waals surface area (Å²) in [5.74, 6) is -3.23. The smallest absolute Gasteiger partial charge is 0.326 e. The van der Waals surface area contributed by atoms with Crippen LogP contribution in [0.4, 0.5) is 0 Å². The largest absolute Gasteiger partial charge is 0.480 e. The van der Waals surface area contributed by atoms with Gasteiger partial charge in [0.2, 0.25) is 17.7 Å². The van der Waals surface area contributed by atoms with Gasteiger partial charge in [-0.3, -0.25) is 14.4 Å². The zero-order valence-corrected chi connectivity index (χ0v) is 14.1. The maximum absolute atomic E-state index is 12.7. The molecule has 1 aliphatic heterocycles. The van der Waals surface area contributed by atoms with Crippen LogP contribution in [0.5, 0.6) is 0 Å². The number of primary amides is 1. The monoisotopic (exact) mass is 366 g/mol. The van der Waals surface area contributed by atoms with Gasteiger partial charge in [-0.15, -0.1) is 0 Å². The van der Waals surface area contributed by atoms with Gasteiger partial charge >= 0.3 is 5.97 Å². The molecule has 1 saturated heterocycles. The van der Waals surface area contributed by atoms with Gasteiger partial charge in [-0.25, -0.2) is 9.78 Å². The topological polar surface area (TPSA) is 184 Å². The Hall–Kier alpha value is -2.95. The van der Waals surface area contributed by atoms with E-state index in [-0.39, 0.29) is 13.0 Å². The molecule has 142 valence electrons. The van der Waals surface area contributed by atoms with Crippen LogP contribution < -0.4 is 16.8 Å². The first kappa shape index (κ1) is 19.4. The maximum atomic E-state index is 12.7. The average Bonchev–Trinajstić information content (AvgIpc) is 3.24. The third-order valence-corrected chi connectivity index (χ3v) is 4.17. The predicted molar refractivity (Wildman–Crippen MR) is 88.4 cm³/mol. The highest BCUT2D eigenvalue weighted by Gasteiger charge is 2.38. The van der Waals surface area contributed by atoms with Gasteiger partial charge in [0, 0.05) is 24.9 Å². The Morgan fingerprint density at radius 1 is 1.42 bits per heavy atom. The number of aromatic amines is 1. The van der Waals surface area contributed by atoms with E-state index in [1.807, 2.05) is 0 Å². The van der Waals surface area contributed by atoms with Crippen LogP contribution in [0.3, 0.4) is 0 Å². The molecular formula is C15H22N6O5. The molecule has 2 heterocycles. The van der Waals surface area contributed by atoms with E-state index in [1.165, 1.54) is 12.5 Å². The van der Waals surface area contributed by atoms with Crippen molar-refractivity contribution in [1.29, 1.82) is 0 Å². The third-order valence-electron chi connectivity index (χ3n) is 4.17. The van der Waals surface area contributed by atoms with Crippen molar-refractivity contribution >= 4 is 23.7 Å². The van der Waals surface area contributed by atoms with Gasteiger partial charge in [0.25, 0.3) is 0 Å². The van der Waals surface area contributed by atoms with Crippen LogP contribution in [0.25, 0.3) is 0 Å². The molecule has 3 amide bonds. The molecule has 0 radical (unpaired) electrons. The van der Waals surface area contributed by atoms with Crippen molar-refractivity contribution in [3.05, 3.63) is 18.2 Å². The zero-order valence-electron chi connectivity index (χ0n) is 14.1. The van der Waals surface area contributed by atoms with E-state index in [9.17, 15) is 24.3 Å². The second-order valence-electron chi connectivity index (χ2n) is 6.15. The number of aliphatic carboxylic acids is 1. The van der Waals surface area contributed by atoms with Crippen molar-refractivity contribution in [2.45, 2.75) is 43.8 Å². The summed E-state index contributed by atoms with van der Waals surface area (Å²) in [5.41, 5.74) is 11.6. The summed E-state index contributed by atoms with van der Waals surface area (Å²) in [7, 11) is 0. The lowest BCUT2D eigenvalue weighted by molar-refractivity contribution is -0.149. The Morgan fingerprint density at radius 3 is 2.73 bits per heavy atom. The number of carboxylic acids is 1. The summed E-state index contributed by atoms with van der Waals surface area (Å²) in [5, 5.41) is 11.6. The molecule has 0 spiro atoms. The Kier molecular flexibility index (Phi) is 6.28. The van der Waals surface area contributed by atoms with E-state index in [0.29, 0.717) is 18.5 Å². The number of carbonyl (C=O) groups excluding carboxylic acids is 3. The van der Waals surface area contributed by atoms with Crippen LogP contribution in [0.2, 0.25) is 0 Å². The number of nitrogens with zero attached hydrogens (tertiary/aromatic N) is 2. The molecule has 7 N–H and O–H groups in total. The van der Waals surface area contributed by atoms with Crippen molar-refractivity contribution < 1.29 is 24.3 Å². The van der Waals surface area contributed by atoms with Crippen LogP contribution >= 0.6 is 0 Å². The summed E-state index contributed by atoms with van der Waals surface area (Å²) in [6, 6.07) is -3.21. The van der Waals surface area contributed by atoms with Crippen LogP contribution in [-0.2, 0) is 25.6 Å². The lowest BCUT2D eigenvalue weighted by Gasteiger charge is -2.27. The number of likely N-dealkylation sites (tertiary alicyclic amines) is 1. The number of nitrogens with one attached hydrogen (secondary N) is 2. The van der Waals surface area contributed by atoms with Gasteiger partial charge in [0.1, 0.15) is 12.1 Å². The van der Waals surface area contributed by atoms with E-state index in [2.05, 4.69) is 15.3 Å². The second-order valence-corrected chi connectivity index (χ2v) is 6.15. The number of imidazole rings is 1. The Labute approximate surface area is 149 Å². The lowest BCUT2D eigenvalue weighted by Crippen LogP contribution is -2.55. The Morgan fingerprint density at radius 2 is 2.15 bits per heavy atom. The number of H-pyrrole nitrogens is 1. The highest BCUT2D eigenvalue weighted by molar-refractivity contribution is 5.94. The van der Waals surface area contributed by atoms with Crippen molar-refractivity contribution in [3.8, 4) is 0 Å². The molecule has 11 heteroatoms. The van der Waals surface area contributed by atoms with E-state index in [1.54, 1.807) is 0 Å². The van der Waals surface area contributed by atoms with Crippen LogP contribution in [0.1, 0.15) is 25.0 Å². The molecule has 2 rings (SSSR count). The van der Waals surface area contributed by atoms with Crippen LogP contribution in [0.15, 0.2) is 12.5 Å². The van der Waals surface area contributed by atoms with E-state index in [0.717, 1.165) is 4.90 Å². The third kappa shape index (κ3) is 4.79. The normalized spacial score (nSPS) is 19.0. The molecule has 1 aromatic rings. The predicted octanol–water partition coefficient (Wildman–Crippen LogP) is -2.28. The van der Waals surface area contributed by atoms with Crippen molar-refractivity contribution in [3.63, 3.8) is 0 Å². The Balaban J connectivity index is 2.06. The van der Waals surface area contributed by atoms with Crippen molar-refractivity contribution in [1.82, 2.24) is 20.2 Å². The van der Waals surface area contributed by atoms with Crippen LogP contribution in [0, 0.1) is 0 Å². The summed E-state index contributed by atoms with van der Waals surface area (Å²) in [6.45, 7) is 0.237. The molecule has 11 nitrogen and oxygen atoms in total. The first-order chi connectivity index (χ1) is 12.3. The highest BCUT2D eigenvalue weighted by Crippen LogP contribution is 2.19. The number of carbonyl (C=O) groups is 4. The number of rotatable bonds is 8. The number of nitrogens with two attached hydrogens (primary N) is 2. The minimum absolute atomic E-state index is 0.158. The molecule has 3 atom stereocenters. The first-order valence-corrected chi connectivity index (χ1v) is 8.14. The molecule has 1 aliphatic rings. The second kappa shape index (κ2) is 8.43. The summed E-state index contributed by atoms with van der Waals surface area (Å²) in [4.78, 5) is 55.3. The van der Waals surface area contributed by atoms with Crippen molar-refractivity contribution in [2.75, 3.05) is 6.54 Å². The van der Waals surface area contributed by atoms with Gasteiger partial charge < -0.3 is 31.8 Å². The number of hydrogen-bond acceptors (Lipinski definition) is 6. The summed E-state index contributed by atoms with van der Waals surface area (Å²) >= 11 is 0. The quantitative estimate of drug-likeness (QED) is 0.343. The van der Waals surface area contributed by atoms with Crippen LogP contribution in [-0.4, -0.2) is 68.3 Å². The summed E-state index contributed by atoms with van der Waals surface area (Å²) < 4.78 is 0. The van der Waals surface area contributed by atoms with Gasteiger partial charge in [-0.1, -0.05) is 0 Å². The zero-order chi connectivity index (χ0) is 19.3. The van der Waals surface area contributed by atoms with E-state index >= 15 is 0 Å². The molecule has 3 unspecified atom stereocenters. The lowest BCUT2D eigenvalue weighted by atomic mass is 10.1. The van der Waals surface area contributed by atoms with E-state index in [4.69, 9.17) is 11.5 Å². The van der Waals surface area contributed by atoms with Gasteiger partial charge in [0.05, 0.1) is 18.8 Å². The minimum atomic E-state index is -1.26. The van der Waals surface area contributed by atoms with Gasteiger partial charge in [-0.05, 0) is 12.8 Å². The number of hydrogen-bond donors (Lipinski definition) is 5. The standard InChI is InChI=1S/C15H22N6O5/c16-9(4-8-6-18-7-19-8)13(23)20-10(5-12(17)22)14(24)21-3-1-2-11(21)15(25)26/h6-7,9-11H,1-5,16H2,(H2,17,22)(H,18,19)(H,20,23)(H,25,26). The molecule has 0 saturated carbocycles. The fourth-order valence-electron chi connectivity index (χ4n) is 2.89. The Bertz CT molecular complexity index is 676.